The summed E-state index contributed by atoms with van der Waals surface area (Å²) >= 11 is 0. The zero-order valence-corrected chi connectivity index (χ0v) is 18.5. The van der Waals surface area contributed by atoms with Gasteiger partial charge in [-0.3, -0.25) is 4.57 Å². The highest BCUT2D eigenvalue weighted by atomic mass is 19.1. The maximum atomic E-state index is 15.6. The van der Waals surface area contributed by atoms with E-state index in [2.05, 4.69) is 32.2 Å². The molecule has 0 aliphatic carbocycles. The molecule has 1 N–H and O–H groups in total. The van der Waals surface area contributed by atoms with Crippen LogP contribution in [0, 0.1) is 19.7 Å². The van der Waals surface area contributed by atoms with Crippen molar-refractivity contribution in [1.29, 1.82) is 0 Å². The van der Waals surface area contributed by atoms with E-state index in [0.29, 0.717) is 12.2 Å². The van der Waals surface area contributed by atoms with E-state index in [1.165, 1.54) is 0 Å². The minimum atomic E-state index is -0.451. The normalized spacial score (nSPS) is 14.4. The van der Waals surface area contributed by atoms with E-state index >= 15 is 4.39 Å². The van der Waals surface area contributed by atoms with Crippen molar-refractivity contribution in [2.75, 3.05) is 19.0 Å². The first kappa shape index (κ1) is 19.8. The highest BCUT2D eigenvalue weighted by Gasteiger charge is 2.36. The first-order valence-electron chi connectivity index (χ1n) is 10.4. The van der Waals surface area contributed by atoms with Gasteiger partial charge in [-0.05, 0) is 57.0 Å². The Morgan fingerprint density at radius 1 is 1.16 bits per heavy atom. The number of rotatable bonds is 4. The minimum Gasteiger partial charge on any atom is -0.383 e. The highest BCUT2D eigenvalue weighted by molar-refractivity contribution is 5.97. The summed E-state index contributed by atoms with van der Waals surface area (Å²) in [6.07, 6.45) is 2.03. The molecule has 1 aliphatic heterocycles. The Labute approximate surface area is 180 Å². The second kappa shape index (κ2) is 6.92. The van der Waals surface area contributed by atoms with Crippen LogP contribution in [0.25, 0.3) is 27.7 Å². The number of halogens is 1. The molecule has 0 saturated carbocycles. The van der Waals surface area contributed by atoms with Crippen molar-refractivity contribution in [3.8, 4) is 16.8 Å². The second-order valence-electron chi connectivity index (χ2n) is 8.65. The van der Waals surface area contributed by atoms with E-state index in [4.69, 9.17) is 4.74 Å². The third-order valence-corrected chi connectivity index (χ3v) is 6.17. The maximum absolute atomic E-state index is 15.6. The van der Waals surface area contributed by atoms with Crippen LogP contribution in [-0.4, -0.2) is 33.0 Å². The molecule has 5 rings (SSSR count). The van der Waals surface area contributed by atoms with Crippen molar-refractivity contribution in [2.24, 2.45) is 0 Å². The van der Waals surface area contributed by atoms with Crippen molar-refractivity contribution in [1.82, 2.24) is 19.3 Å². The van der Waals surface area contributed by atoms with Gasteiger partial charge in [0.1, 0.15) is 11.6 Å². The zero-order chi connectivity index (χ0) is 21.9. The van der Waals surface area contributed by atoms with Crippen LogP contribution in [0.1, 0.15) is 31.1 Å². The average Bonchev–Trinajstić information content (AvgIpc) is 3.31. The molecule has 7 heteroatoms. The molecule has 31 heavy (non-hydrogen) atoms. The summed E-state index contributed by atoms with van der Waals surface area (Å²) in [4.78, 5) is 0. The molecule has 3 heterocycles. The largest absolute Gasteiger partial charge is 0.383 e. The highest BCUT2D eigenvalue weighted by Crippen LogP contribution is 2.44. The summed E-state index contributed by atoms with van der Waals surface area (Å²) < 4.78 is 25.0. The quantitative estimate of drug-likeness (QED) is 0.508. The molecular formula is C24H26FN5O. The van der Waals surface area contributed by atoms with Gasteiger partial charge in [0.25, 0.3) is 0 Å². The standard InChI is InChI=1S/C24H26FN5O/c1-14-21(17-7-6-8-20-16(17)9-10-29(20)11-12-31-5)18(25)13-19-22(14)30-15(2)27-28-23(30)24(3,4)26-19/h6-10,13,26H,11-12H2,1-5H3. The van der Waals surface area contributed by atoms with Crippen LogP contribution in [0.4, 0.5) is 10.1 Å². The van der Waals surface area contributed by atoms with Gasteiger partial charge in [-0.25, -0.2) is 4.39 Å². The van der Waals surface area contributed by atoms with E-state index in [-0.39, 0.29) is 5.82 Å². The molecule has 0 unspecified atom stereocenters. The minimum absolute atomic E-state index is 0.245. The Hall–Kier alpha value is -3.19. The van der Waals surface area contributed by atoms with Crippen LogP contribution in [0.5, 0.6) is 0 Å². The number of fused-ring (bicyclic) bond motifs is 4. The molecule has 0 fully saturated rings. The molecule has 0 bridgehead atoms. The summed E-state index contributed by atoms with van der Waals surface area (Å²) in [6, 6.07) is 9.68. The van der Waals surface area contributed by atoms with Crippen molar-refractivity contribution in [3.63, 3.8) is 0 Å². The molecule has 2 aromatic carbocycles. The number of aromatic nitrogens is 4. The molecule has 4 aromatic rings. The van der Waals surface area contributed by atoms with E-state index < -0.39 is 5.54 Å². The summed E-state index contributed by atoms with van der Waals surface area (Å²) in [6.45, 7) is 9.33. The number of aryl methyl sites for hydroxylation is 1. The maximum Gasteiger partial charge on any atom is 0.162 e. The molecule has 0 saturated heterocycles. The molecule has 160 valence electrons. The summed E-state index contributed by atoms with van der Waals surface area (Å²) in [7, 11) is 1.69. The number of methoxy groups -OCH3 is 1. The lowest BCUT2D eigenvalue weighted by atomic mass is 9.92. The number of nitrogens with zero attached hydrogens (tertiary/aromatic N) is 4. The van der Waals surface area contributed by atoms with Gasteiger partial charge < -0.3 is 14.6 Å². The predicted octanol–water partition coefficient (Wildman–Crippen LogP) is 4.95. The number of benzene rings is 2. The van der Waals surface area contributed by atoms with Gasteiger partial charge in [0.05, 0.1) is 23.5 Å². The number of hydrogen-bond donors (Lipinski definition) is 1. The Kier molecular flexibility index (Phi) is 4.41. The lowest BCUT2D eigenvalue weighted by Crippen LogP contribution is -2.36. The summed E-state index contributed by atoms with van der Waals surface area (Å²) in [5.74, 6) is 1.36. The monoisotopic (exact) mass is 419 g/mol. The Morgan fingerprint density at radius 2 is 1.97 bits per heavy atom. The second-order valence-corrected chi connectivity index (χ2v) is 8.65. The van der Waals surface area contributed by atoms with Crippen LogP contribution in [0.2, 0.25) is 0 Å². The molecule has 1 aliphatic rings. The Morgan fingerprint density at radius 3 is 2.74 bits per heavy atom. The molecule has 2 aromatic heterocycles. The number of ether oxygens (including phenoxy) is 1. The Bertz CT molecular complexity index is 1320. The van der Waals surface area contributed by atoms with Crippen molar-refractivity contribution >= 4 is 16.6 Å². The van der Waals surface area contributed by atoms with Crippen LogP contribution < -0.4 is 5.32 Å². The molecular weight excluding hydrogens is 393 g/mol. The van der Waals surface area contributed by atoms with Crippen molar-refractivity contribution in [2.45, 2.75) is 39.8 Å². The molecule has 0 amide bonds. The summed E-state index contributed by atoms with van der Waals surface area (Å²) in [5.41, 5.74) is 4.62. The first-order chi connectivity index (χ1) is 14.8. The topological polar surface area (TPSA) is 56.9 Å². The molecule has 0 spiro atoms. The van der Waals surface area contributed by atoms with Crippen LogP contribution in [-0.2, 0) is 16.8 Å². The lowest BCUT2D eigenvalue weighted by Gasteiger charge is -2.35. The van der Waals surface area contributed by atoms with Crippen molar-refractivity contribution < 1.29 is 9.13 Å². The van der Waals surface area contributed by atoms with E-state index in [1.807, 2.05) is 50.6 Å². The third-order valence-electron chi connectivity index (χ3n) is 6.17. The fourth-order valence-corrected chi connectivity index (χ4v) is 4.73. The fraction of sp³-hybridized carbons (Fsp3) is 0.333. The smallest absolute Gasteiger partial charge is 0.162 e. The van der Waals surface area contributed by atoms with Gasteiger partial charge in [-0.1, -0.05) is 12.1 Å². The van der Waals surface area contributed by atoms with Gasteiger partial charge in [0.15, 0.2) is 5.82 Å². The van der Waals surface area contributed by atoms with E-state index in [1.54, 1.807) is 13.2 Å². The fourth-order valence-electron chi connectivity index (χ4n) is 4.73. The average molecular weight is 420 g/mol. The van der Waals surface area contributed by atoms with Crippen LogP contribution >= 0.6 is 0 Å². The van der Waals surface area contributed by atoms with Gasteiger partial charge in [-0.2, -0.15) is 0 Å². The number of hydrogen-bond acceptors (Lipinski definition) is 4. The zero-order valence-electron chi connectivity index (χ0n) is 18.5. The predicted molar refractivity (Wildman–Crippen MR) is 120 cm³/mol. The van der Waals surface area contributed by atoms with Crippen LogP contribution in [0.15, 0.2) is 36.5 Å². The summed E-state index contributed by atoms with van der Waals surface area (Å²) in [5, 5.41) is 13.2. The molecule has 0 radical (unpaired) electrons. The van der Waals surface area contributed by atoms with E-state index in [0.717, 1.165) is 51.6 Å². The SMILES string of the molecule is COCCn1ccc2c(-c3c(F)cc4c(c3C)-n3c(C)nnc3C(C)(C)N4)cccc21. The first-order valence-corrected chi connectivity index (χ1v) is 10.4. The van der Waals surface area contributed by atoms with Gasteiger partial charge in [0.2, 0.25) is 0 Å². The lowest BCUT2D eigenvalue weighted by molar-refractivity contribution is 0.188. The number of anilines is 1. The number of nitrogens with one attached hydrogen (secondary N) is 1. The molecule has 0 atom stereocenters. The van der Waals surface area contributed by atoms with Gasteiger partial charge >= 0.3 is 0 Å². The Balaban J connectivity index is 1.76. The third kappa shape index (κ3) is 2.87. The van der Waals surface area contributed by atoms with E-state index in [9.17, 15) is 0 Å². The van der Waals surface area contributed by atoms with Gasteiger partial charge in [0, 0.05) is 36.3 Å². The van der Waals surface area contributed by atoms with Crippen molar-refractivity contribution in [3.05, 3.63) is 59.6 Å². The van der Waals surface area contributed by atoms with Gasteiger partial charge in [-0.15, -0.1) is 10.2 Å². The van der Waals surface area contributed by atoms with Crippen LogP contribution in [0.3, 0.4) is 0 Å². The molecule has 6 nitrogen and oxygen atoms in total.